The summed E-state index contributed by atoms with van der Waals surface area (Å²) in [5, 5.41) is 3.50. The first-order chi connectivity index (χ1) is 8.31. The Hall–Kier alpha value is -0.860. The van der Waals surface area contributed by atoms with Gasteiger partial charge >= 0.3 is 0 Å². The van der Waals surface area contributed by atoms with Crippen LogP contribution in [-0.2, 0) is 17.6 Å². The van der Waals surface area contributed by atoms with E-state index in [1.165, 1.54) is 24.8 Å². The first-order valence-corrected chi connectivity index (χ1v) is 6.74. The lowest BCUT2D eigenvalue weighted by atomic mass is 10.0. The topological polar surface area (TPSA) is 21.3 Å². The molecule has 2 rings (SSSR count). The number of hydrogen-bond donors (Lipinski definition) is 1. The molecular formula is C15H23NO. The lowest BCUT2D eigenvalue weighted by molar-refractivity contribution is 0.147. The lowest BCUT2D eigenvalue weighted by Gasteiger charge is -2.15. The Morgan fingerprint density at radius 2 is 2.12 bits per heavy atom. The standard InChI is InChI=1S/C15H23NO/c1-3-17-10-9-16-12(2)14-8-7-13-5-4-6-15(13)11-14/h7-8,11-12,16H,3-6,9-10H2,1-2H3. The molecule has 0 radical (unpaired) electrons. The van der Waals surface area contributed by atoms with Crippen molar-refractivity contribution in [2.24, 2.45) is 0 Å². The van der Waals surface area contributed by atoms with Crippen molar-refractivity contribution in [1.29, 1.82) is 0 Å². The van der Waals surface area contributed by atoms with Gasteiger partial charge in [0.2, 0.25) is 0 Å². The Bertz CT molecular complexity index is 362. The van der Waals surface area contributed by atoms with Crippen LogP contribution in [0, 0.1) is 0 Å². The fourth-order valence-corrected chi connectivity index (χ4v) is 2.47. The molecule has 1 N–H and O–H groups in total. The molecule has 0 aliphatic heterocycles. The van der Waals surface area contributed by atoms with Gasteiger partial charge in [0.05, 0.1) is 6.61 Å². The summed E-state index contributed by atoms with van der Waals surface area (Å²) >= 11 is 0. The number of rotatable bonds is 6. The lowest BCUT2D eigenvalue weighted by Crippen LogP contribution is -2.23. The molecule has 0 saturated heterocycles. The molecule has 94 valence electrons. The third-order valence-electron chi connectivity index (χ3n) is 3.52. The number of ether oxygens (including phenoxy) is 1. The van der Waals surface area contributed by atoms with Gasteiger partial charge in [-0.05, 0) is 49.8 Å². The second-order valence-electron chi connectivity index (χ2n) is 4.75. The van der Waals surface area contributed by atoms with Crippen molar-refractivity contribution in [2.45, 2.75) is 39.2 Å². The molecule has 1 aliphatic rings. The molecule has 0 aromatic heterocycles. The number of nitrogens with one attached hydrogen (secondary N) is 1. The highest BCUT2D eigenvalue weighted by molar-refractivity contribution is 5.36. The molecule has 0 fully saturated rings. The van der Waals surface area contributed by atoms with Crippen LogP contribution < -0.4 is 5.32 Å². The van der Waals surface area contributed by atoms with E-state index in [1.54, 1.807) is 11.1 Å². The number of aryl methyl sites for hydroxylation is 2. The summed E-state index contributed by atoms with van der Waals surface area (Å²) in [5.74, 6) is 0. The van der Waals surface area contributed by atoms with E-state index in [9.17, 15) is 0 Å². The SMILES string of the molecule is CCOCCNC(C)c1ccc2c(c1)CCC2. The van der Waals surface area contributed by atoms with Gasteiger partial charge in [0.15, 0.2) is 0 Å². The maximum Gasteiger partial charge on any atom is 0.0590 e. The molecule has 0 saturated carbocycles. The van der Waals surface area contributed by atoms with E-state index < -0.39 is 0 Å². The van der Waals surface area contributed by atoms with E-state index in [1.807, 2.05) is 6.92 Å². The van der Waals surface area contributed by atoms with Crippen molar-refractivity contribution in [1.82, 2.24) is 5.32 Å². The summed E-state index contributed by atoms with van der Waals surface area (Å²) in [5.41, 5.74) is 4.51. The molecule has 1 unspecified atom stereocenters. The third-order valence-corrected chi connectivity index (χ3v) is 3.52. The van der Waals surface area contributed by atoms with Gasteiger partial charge in [-0.1, -0.05) is 18.2 Å². The Labute approximate surface area is 104 Å². The molecule has 0 heterocycles. The number of hydrogen-bond acceptors (Lipinski definition) is 2. The van der Waals surface area contributed by atoms with Crippen LogP contribution in [0.15, 0.2) is 18.2 Å². The Morgan fingerprint density at radius 1 is 1.29 bits per heavy atom. The van der Waals surface area contributed by atoms with Gasteiger partial charge in [-0.25, -0.2) is 0 Å². The van der Waals surface area contributed by atoms with Crippen LogP contribution in [-0.4, -0.2) is 19.8 Å². The molecule has 0 amide bonds. The highest BCUT2D eigenvalue weighted by Gasteiger charge is 2.12. The molecule has 1 aliphatic carbocycles. The molecule has 2 heteroatoms. The molecule has 2 nitrogen and oxygen atoms in total. The van der Waals surface area contributed by atoms with Crippen molar-refractivity contribution in [2.75, 3.05) is 19.8 Å². The summed E-state index contributed by atoms with van der Waals surface area (Å²) in [7, 11) is 0. The van der Waals surface area contributed by atoms with Gasteiger partial charge in [0.25, 0.3) is 0 Å². The van der Waals surface area contributed by atoms with Crippen LogP contribution >= 0.6 is 0 Å². The fraction of sp³-hybridized carbons (Fsp3) is 0.600. The van der Waals surface area contributed by atoms with Gasteiger partial charge in [0, 0.05) is 19.2 Å². The van der Waals surface area contributed by atoms with Crippen molar-refractivity contribution in [3.63, 3.8) is 0 Å². The van der Waals surface area contributed by atoms with Crippen LogP contribution in [0.4, 0.5) is 0 Å². The smallest absolute Gasteiger partial charge is 0.0590 e. The van der Waals surface area contributed by atoms with Gasteiger partial charge in [-0.3, -0.25) is 0 Å². The fourth-order valence-electron chi connectivity index (χ4n) is 2.47. The molecular weight excluding hydrogens is 210 g/mol. The predicted molar refractivity (Wildman–Crippen MR) is 71.4 cm³/mol. The number of benzene rings is 1. The first kappa shape index (κ1) is 12.6. The van der Waals surface area contributed by atoms with Crippen LogP contribution in [0.25, 0.3) is 0 Å². The zero-order valence-corrected chi connectivity index (χ0v) is 11.0. The third kappa shape index (κ3) is 3.30. The molecule has 1 atom stereocenters. The maximum atomic E-state index is 5.33. The predicted octanol–water partition coefficient (Wildman–Crippen LogP) is 2.86. The molecule has 1 aromatic carbocycles. The summed E-state index contributed by atoms with van der Waals surface area (Å²) in [6.45, 7) is 6.78. The van der Waals surface area contributed by atoms with E-state index >= 15 is 0 Å². The molecule has 0 spiro atoms. The molecule has 17 heavy (non-hydrogen) atoms. The number of fused-ring (bicyclic) bond motifs is 1. The van der Waals surface area contributed by atoms with Crippen molar-refractivity contribution < 1.29 is 4.74 Å². The Morgan fingerprint density at radius 3 is 2.94 bits per heavy atom. The van der Waals surface area contributed by atoms with E-state index in [2.05, 4.69) is 30.4 Å². The average molecular weight is 233 g/mol. The maximum absolute atomic E-state index is 5.33. The van der Waals surface area contributed by atoms with Crippen molar-refractivity contribution in [3.05, 3.63) is 34.9 Å². The van der Waals surface area contributed by atoms with Gasteiger partial charge in [-0.2, -0.15) is 0 Å². The Balaban J connectivity index is 1.88. The molecule has 1 aromatic rings. The van der Waals surface area contributed by atoms with Crippen LogP contribution in [0.2, 0.25) is 0 Å². The first-order valence-electron chi connectivity index (χ1n) is 6.74. The highest BCUT2D eigenvalue weighted by atomic mass is 16.5. The monoisotopic (exact) mass is 233 g/mol. The second-order valence-corrected chi connectivity index (χ2v) is 4.75. The van der Waals surface area contributed by atoms with Gasteiger partial charge < -0.3 is 10.1 Å². The van der Waals surface area contributed by atoms with Crippen LogP contribution in [0.3, 0.4) is 0 Å². The normalized spacial score (nSPS) is 15.9. The zero-order chi connectivity index (χ0) is 12.1. The van der Waals surface area contributed by atoms with E-state index in [0.717, 1.165) is 19.8 Å². The molecule has 0 bridgehead atoms. The minimum atomic E-state index is 0.418. The van der Waals surface area contributed by atoms with Gasteiger partial charge in [-0.15, -0.1) is 0 Å². The zero-order valence-electron chi connectivity index (χ0n) is 11.0. The van der Waals surface area contributed by atoms with E-state index in [-0.39, 0.29) is 0 Å². The Kier molecular flexibility index (Phi) is 4.57. The minimum absolute atomic E-state index is 0.418. The average Bonchev–Trinajstić information content (AvgIpc) is 2.81. The van der Waals surface area contributed by atoms with E-state index in [0.29, 0.717) is 6.04 Å². The quantitative estimate of drug-likeness (QED) is 0.763. The van der Waals surface area contributed by atoms with Crippen LogP contribution in [0.5, 0.6) is 0 Å². The van der Waals surface area contributed by atoms with Gasteiger partial charge in [0.1, 0.15) is 0 Å². The summed E-state index contributed by atoms with van der Waals surface area (Å²) < 4.78 is 5.33. The van der Waals surface area contributed by atoms with Crippen molar-refractivity contribution in [3.8, 4) is 0 Å². The van der Waals surface area contributed by atoms with E-state index in [4.69, 9.17) is 4.74 Å². The largest absolute Gasteiger partial charge is 0.380 e. The summed E-state index contributed by atoms with van der Waals surface area (Å²) in [4.78, 5) is 0. The summed E-state index contributed by atoms with van der Waals surface area (Å²) in [6.07, 6.45) is 3.85. The summed E-state index contributed by atoms with van der Waals surface area (Å²) in [6, 6.07) is 7.36. The minimum Gasteiger partial charge on any atom is -0.380 e. The second kappa shape index (κ2) is 6.18. The van der Waals surface area contributed by atoms with Crippen LogP contribution in [0.1, 0.15) is 43.0 Å². The highest BCUT2D eigenvalue weighted by Crippen LogP contribution is 2.25. The van der Waals surface area contributed by atoms with Crippen molar-refractivity contribution >= 4 is 0 Å².